The summed E-state index contributed by atoms with van der Waals surface area (Å²) in [6.07, 6.45) is 7.70. The van der Waals surface area contributed by atoms with Crippen molar-refractivity contribution < 1.29 is 14.4 Å². The lowest BCUT2D eigenvalue weighted by Crippen LogP contribution is -2.34. The summed E-state index contributed by atoms with van der Waals surface area (Å²) in [6, 6.07) is 15.4. The van der Waals surface area contributed by atoms with Gasteiger partial charge in [-0.05, 0) is 55.9 Å². The van der Waals surface area contributed by atoms with E-state index < -0.39 is 0 Å². The molecule has 1 amide bonds. The third-order valence-corrected chi connectivity index (χ3v) is 6.83. The summed E-state index contributed by atoms with van der Waals surface area (Å²) in [5.41, 5.74) is 4.45. The predicted molar refractivity (Wildman–Crippen MR) is 155 cm³/mol. The minimum atomic E-state index is -0.0714. The molecule has 1 fully saturated rings. The lowest BCUT2D eigenvalue weighted by molar-refractivity contribution is -0.123. The average Bonchev–Trinajstić information content (AvgIpc) is 2.92. The molecule has 206 valence electrons. The van der Waals surface area contributed by atoms with Gasteiger partial charge in [0, 0.05) is 26.0 Å². The second kappa shape index (κ2) is 15.1. The van der Waals surface area contributed by atoms with Crippen LogP contribution in [0.25, 0.3) is 10.9 Å². The number of anilines is 2. The van der Waals surface area contributed by atoms with Crippen molar-refractivity contribution in [1.82, 2.24) is 15.3 Å². The van der Waals surface area contributed by atoms with Crippen molar-refractivity contribution in [2.45, 2.75) is 52.4 Å². The molecule has 0 radical (unpaired) electrons. The molecule has 8 nitrogen and oxygen atoms in total. The van der Waals surface area contributed by atoms with E-state index in [1.54, 1.807) is 7.11 Å². The standard InChI is InChI=1S/C19H30N2O3.C11H13N3/c1-3-6-15-9-11-16(12-10-15)13-20-19(22)14-24-18-8-5-4-7-17(18)21-23-2;1-8-12-10-7-5-4-6-9(10)11(13-8)14(2)3/h4-5,7-8,15-16,21H,3,6,9-14H2,1-2H3,(H,20,22);4-7H,1-3H3. The van der Waals surface area contributed by atoms with Crippen molar-refractivity contribution in [2.75, 3.05) is 44.7 Å². The van der Waals surface area contributed by atoms with E-state index >= 15 is 0 Å². The fraction of sp³-hybridized carbons (Fsp3) is 0.500. The number of para-hydroxylation sites is 3. The van der Waals surface area contributed by atoms with Crippen LogP contribution in [0.2, 0.25) is 0 Å². The third kappa shape index (κ3) is 8.87. The molecular weight excluding hydrogens is 478 g/mol. The second-order valence-corrected chi connectivity index (χ2v) is 10.1. The van der Waals surface area contributed by atoms with E-state index in [-0.39, 0.29) is 12.5 Å². The van der Waals surface area contributed by atoms with Crippen molar-refractivity contribution in [1.29, 1.82) is 0 Å². The molecule has 1 saturated carbocycles. The van der Waals surface area contributed by atoms with Gasteiger partial charge in [-0.15, -0.1) is 0 Å². The Kier molecular flexibility index (Phi) is 11.6. The van der Waals surface area contributed by atoms with Crippen molar-refractivity contribution >= 4 is 28.3 Å². The number of hydrogen-bond acceptors (Lipinski definition) is 7. The summed E-state index contributed by atoms with van der Waals surface area (Å²) in [4.78, 5) is 27.7. The van der Waals surface area contributed by atoms with Crippen LogP contribution in [-0.4, -0.2) is 50.2 Å². The lowest BCUT2D eigenvalue weighted by atomic mass is 9.80. The lowest BCUT2D eigenvalue weighted by Gasteiger charge is -2.28. The molecule has 0 bridgehead atoms. The maximum Gasteiger partial charge on any atom is 0.257 e. The first-order valence-corrected chi connectivity index (χ1v) is 13.6. The Bertz CT molecular complexity index is 1150. The van der Waals surface area contributed by atoms with Gasteiger partial charge in [-0.1, -0.05) is 56.9 Å². The van der Waals surface area contributed by atoms with Crippen LogP contribution in [0.3, 0.4) is 0 Å². The van der Waals surface area contributed by atoms with Crippen LogP contribution in [0.4, 0.5) is 11.5 Å². The summed E-state index contributed by atoms with van der Waals surface area (Å²) in [5.74, 6) is 3.84. The van der Waals surface area contributed by atoms with Crippen LogP contribution in [0.1, 0.15) is 51.3 Å². The number of hydrogen-bond donors (Lipinski definition) is 2. The highest BCUT2D eigenvalue weighted by atomic mass is 16.6. The number of amides is 1. The van der Waals surface area contributed by atoms with Gasteiger partial charge in [-0.2, -0.15) is 0 Å². The molecule has 1 aliphatic rings. The fourth-order valence-electron chi connectivity index (χ4n) is 4.89. The minimum Gasteiger partial charge on any atom is -0.482 e. The Morgan fingerprint density at radius 3 is 2.39 bits per heavy atom. The van der Waals surface area contributed by atoms with E-state index in [1.807, 2.05) is 74.4 Å². The van der Waals surface area contributed by atoms with Gasteiger partial charge in [0.05, 0.1) is 12.6 Å². The summed E-state index contributed by atoms with van der Waals surface area (Å²) in [5, 5.41) is 4.11. The van der Waals surface area contributed by atoms with Crippen LogP contribution in [-0.2, 0) is 9.63 Å². The number of fused-ring (bicyclic) bond motifs is 1. The van der Waals surface area contributed by atoms with E-state index in [2.05, 4.69) is 27.7 Å². The minimum absolute atomic E-state index is 0.0214. The van der Waals surface area contributed by atoms with Gasteiger partial charge < -0.3 is 15.0 Å². The molecule has 1 aliphatic carbocycles. The number of nitrogens with one attached hydrogen (secondary N) is 2. The Balaban J connectivity index is 0.000000241. The fourth-order valence-corrected chi connectivity index (χ4v) is 4.89. The number of carbonyl (C=O) groups excluding carboxylic acids is 1. The van der Waals surface area contributed by atoms with Gasteiger partial charge in [0.25, 0.3) is 5.91 Å². The molecule has 0 unspecified atom stereocenters. The van der Waals surface area contributed by atoms with Gasteiger partial charge in [-0.25, -0.2) is 9.97 Å². The zero-order valence-corrected chi connectivity index (χ0v) is 23.5. The van der Waals surface area contributed by atoms with Gasteiger partial charge >= 0.3 is 0 Å². The highest BCUT2D eigenvalue weighted by Crippen LogP contribution is 2.31. The molecule has 2 N–H and O–H groups in total. The molecule has 4 rings (SSSR count). The molecular formula is C30H43N5O3. The molecule has 0 atom stereocenters. The highest BCUT2D eigenvalue weighted by molar-refractivity contribution is 5.89. The highest BCUT2D eigenvalue weighted by Gasteiger charge is 2.21. The maximum atomic E-state index is 12.0. The van der Waals surface area contributed by atoms with Gasteiger partial charge in [0.15, 0.2) is 6.61 Å². The quantitative estimate of drug-likeness (QED) is 0.328. The zero-order chi connectivity index (χ0) is 27.3. The molecule has 0 spiro atoms. The normalized spacial score (nSPS) is 16.8. The van der Waals surface area contributed by atoms with E-state index in [4.69, 9.17) is 9.57 Å². The Morgan fingerprint density at radius 2 is 1.68 bits per heavy atom. The van der Waals surface area contributed by atoms with Crippen LogP contribution in [0, 0.1) is 18.8 Å². The van der Waals surface area contributed by atoms with Crippen LogP contribution in [0.15, 0.2) is 48.5 Å². The summed E-state index contributed by atoms with van der Waals surface area (Å²) < 4.78 is 5.59. The maximum absolute atomic E-state index is 12.0. The molecule has 2 aromatic carbocycles. The van der Waals surface area contributed by atoms with E-state index in [1.165, 1.54) is 38.5 Å². The van der Waals surface area contributed by atoms with E-state index in [9.17, 15) is 4.79 Å². The largest absolute Gasteiger partial charge is 0.482 e. The molecule has 8 heteroatoms. The molecule has 38 heavy (non-hydrogen) atoms. The number of aromatic nitrogens is 2. The molecule has 3 aromatic rings. The number of ether oxygens (including phenoxy) is 1. The second-order valence-electron chi connectivity index (χ2n) is 10.1. The third-order valence-electron chi connectivity index (χ3n) is 6.83. The van der Waals surface area contributed by atoms with Crippen molar-refractivity contribution in [2.24, 2.45) is 11.8 Å². The van der Waals surface area contributed by atoms with Crippen LogP contribution < -0.4 is 20.4 Å². The number of aryl methyl sites for hydroxylation is 1. The number of benzene rings is 2. The Labute approximate surface area is 227 Å². The van der Waals surface area contributed by atoms with E-state index in [0.717, 1.165) is 35.0 Å². The van der Waals surface area contributed by atoms with Gasteiger partial charge in [0.1, 0.15) is 23.1 Å². The average molecular weight is 522 g/mol. The summed E-state index contributed by atoms with van der Waals surface area (Å²) in [7, 11) is 5.53. The smallest absolute Gasteiger partial charge is 0.257 e. The number of rotatable bonds is 10. The zero-order valence-electron chi connectivity index (χ0n) is 23.5. The first kappa shape index (κ1) is 29.2. The molecule has 1 heterocycles. The monoisotopic (exact) mass is 521 g/mol. The SMILES string of the molecule is CCCC1CCC(CNC(=O)COc2ccccc2NOC)CC1.Cc1nc(N(C)C)c2ccccc2n1. The Morgan fingerprint density at radius 1 is 1.00 bits per heavy atom. The van der Waals surface area contributed by atoms with Gasteiger partial charge in [0.2, 0.25) is 0 Å². The van der Waals surface area contributed by atoms with Gasteiger partial charge in [-0.3, -0.25) is 15.1 Å². The van der Waals surface area contributed by atoms with Crippen LogP contribution >= 0.6 is 0 Å². The summed E-state index contributed by atoms with van der Waals surface area (Å²) >= 11 is 0. The van der Waals surface area contributed by atoms with Crippen LogP contribution in [0.5, 0.6) is 5.75 Å². The number of nitrogens with zero attached hydrogens (tertiary/aromatic N) is 3. The van der Waals surface area contributed by atoms with Crippen molar-refractivity contribution in [3.8, 4) is 5.75 Å². The first-order chi connectivity index (χ1) is 18.4. The first-order valence-electron chi connectivity index (χ1n) is 13.6. The molecule has 0 saturated heterocycles. The molecule has 1 aromatic heterocycles. The Hall–Kier alpha value is -3.39. The summed E-state index contributed by atoms with van der Waals surface area (Å²) in [6.45, 7) is 4.96. The van der Waals surface area contributed by atoms with E-state index in [0.29, 0.717) is 17.4 Å². The topological polar surface area (TPSA) is 88.6 Å². The van der Waals surface area contributed by atoms with Crippen molar-refractivity contribution in [3.63, 3.8) is 0 Å². The predicted octanol–water partition coefficient (Wildman–Crippen LogP) is 5.77. The molecule has 0 aliphatic heterocycles. The number of carbonyl (C=O) groups is 1. The van der Waals surface area contributed by atoms with Crippen molar-refractivity contribution in [3.05, 3.63) is 54.4 Å².